The van der Waals surface area contributed by atoms with Gasteiger partial charge >= 0.3 is 6.61 Å². The van der Waals surface area contributed by atoms with Gasteiger partial charge in [-0.3, -0.25) is 4.79 Å². The number of carbonyl (C=O) groups is 1. The number of nitrogens with two attached hydrogens (primary N) is 1. The smallest absolute Gasteiger partial charge is 0.387 e. The number of halogens is 2. The molecule has 0 aromatic heterocycles. The third-order valence-corrected chi connectivity index (χ3v) is 3.82. The molecule has 6 heteroatoms. The second kappa shape index (κ2) is 6.39. The number of rotatable bonds is 6. The van der Waals surface area contributed by atoms with Gasteiger partial charge in [0.1, 0.15) is 5.75 Å². The van der Waals surface area contributed by atoms with E-state index in [4.69, 9.17) is 5.73 Å². The van der Waals surface area contributed by atoms with E-state index in [1.165, 1.54) is 12.1 Å². The molecule has 0 radical (unpaired) electrons. The molecule has 1 saturated carbocycles. The largest absolute Gasteiger partial charge is 0.435 e. The lowest BCUT2D eigenvalue weighted by atomic mass is 9.75. The topological polar surface area (TPSA) is 64.4 Å². The minimum atomic E-state index is -2.86. The molecule has 1 atom stereocenters. The van der Waals surface area contributed by atoms with E-state index in [9.17, 15) is 13.6 Å². The lowest BCUT2D eigenvalue weighted by molar-refractivity contribution is -0.123. The third kappa shape index (κ3) is 4.39. The fourth-order valence-corrected chi connectivity index (χ4v) is 2.46. The lowest BCUT2D eigenvalue weighted by Crippen LogP contribution is -2.50. The van der Waals surface area contributed by atoms with Crippen LogP contribution in [0.25, 0.3) is 0 Å². The highest BCUT2D eigenvalue weighted by molar-refractivity contribution is 5.77. The molecule has 1 aliphatic carbocycles. The van der Waals surface area contributed by atoms with Crippen molar-refractivity contribution in [3.05, 3.63) is 29.8 Å². The molecule has 1 unspecified atom stereocenters. The van der Waals surface area contributed by atoms with E-state index in [1.807, 2.05) is 0 Å². The first-order chi connectivity index (χ1) is 9.88. The summed E-state index contributed by atoms with van der Waals surface area (Å²) >= 11 is 0. The molecule has 3 N–H and O–H groups in total. The van der Waals surface area contributed by atoms with Crippen LogP contribution in [0.4, 0.5) is 8.78 Å². The summed E-state index contributed by atoms with van der Waals surface area (Å²) in [6, 6.07) is 6.03. The Morgan fingerprint density at radius 2 is 2.19 bits per heavy atom. The molecule has 1 aliphatic rings. The Hall–Kier alpha value is -1.69. The first-order valence-electron chi connectivity index (χ1n) is 7.01. The van der Waals surface area contributed by atoms with Crippen LogP contribution in [0.1, 0.15) is 44.2 Å². The summed E-state index contributed by atoms with van der Waals surface area (Å²) < 4.78 is 28.7. The molecule has 4 nitrogen and oxygen atoms in total. The maximum Gasteiger partial charge on any atom is 0.387 e. The van der Waals surface area contributed by atoms with E-state index in [2.05, 4.69) is 10.1 Å². The van der Waals surface area contributed by atoms with Crippen molar-refractivity contribution >= 4 is 5.91 Å². The molecule has 1 fully saturated rings. The highest BCUT2D eigenvalue weighted by Gasteiger charge is 2.34. The van der Waals surface area contributed by atoms with Gasteiger partial charge < -0.3 is 15.8 Å². The van der Waals surface area contributed by atoms with Gasteiger partial charge in [-0.25, -0.2) is 0 Å². The third-order valence-electron chi connectivity index (χ3n) is 3.82. The van der Waals surface area contributed by atoms with Gasteiger partial charge in [-0.1, -0.05) is 12.1 Å². The number of hydrogen-bond donors (Lipinski definition) is 2. The van der Waals surface area contributed by atoms with Crippen LogP contribution in [0.2, 0.25) is 0 Å². The van der Waals surface area contributed by atoms with Crippen LogP contribution in [-0.4, -0.2) is 18.1 Å². The van der Waals surface area contributed by atoms with Crippen molar-refractivity contribution in [3.63, 3.8) is 0 Å². The van der Waals surface area contributed by atoms with Crippen molar-refractivity contribution in [3.8, 4) is 5.75 Å². The molecular weight excluding hydrogens is 278 g/mol. The van der Waals surface area contributed by atoms with Crippen LogP contribution in [0.5, 0.6) is 5.75 Å². The Bertz CT molecular complexity index is 504. The first kappa shape index (κ1) is 15.7. The normalized spacial score (nSPS) is 18.0. The highest BCUT2D eigenvalue weighted by Crippen LogP contribution is 2.32. The van der Waals surface area contributed by atoms with E-state index in [-0.39, 0.29) is 23.2 Å². The Kier molecular flexibility index (Phi) is 4.77. The van der Waals surface area contributed by atoms with Gasteiger partial charge in [0, 0.05) is 12.0 Å². The zero-order valence-corrected chi connectivity index (χ0v) is 11.9. The molecule has 0 saturated heterocycles. The summed E-state index contributed by atoms with van der Waals surface area (Å²) in [4.78, 5) is 12.0. The van der Waals surface area contributed by atoms with Gasteiger partial charge in [-0.05, 0) is 43.9 Å². The number of hydrogen-bond acceptors (Lipinski definition) is 3. The molecule has 0 spiro atoms. The molecule has 2 rings (SSSR count). The second-order valence-corrected chi connectivity index (χ2v) is 5.63. The minimum absolute atomic E-state index is 0.0814. The van der Waals surface area contributed by atoms with Crippen molar-refractivity contribution in [2.75, 3.05) is 0 Å². The SMILES string of the molecule is CC(NC(=O)CC1(N)CCC1)c1cccc(OC(F)F)c1. The first-order valence-corrected chi connectivity index (χ1v) is 7.01. The van der Waals surface area contributed by atoms with Gasteiger partial charge in [0.05, 0.1) is 6.04 Å². The zero-order chi connectivity index (χ0) is 15.5. The van der Waals surface area contributed by atoms with E-state index in [0.29, 0.717) is 12.0 Å². The Labute approximate surface area is 122 Å². The van der Waals surface area contributed by atoms with E-state index in [0.717, 1.165) is 19.3 Å². The van der Waals surface area contributed by atoms with Gasteiger partial charge in [0.2, 0.25) is 5.91 Å². The van der Waals surface area contributed by atoms with E-state index in [1.54, 1.807) is 19.1 Å². The van der Waals surface area contributed by atoms with Crippen LogP contribution in [0.15, 0.2) is 24.3 Å². The number of ether oxygens (including phenoxy) is 1. The van der Waals surface area contributed by atoms with Crippen LogP contribution in [-0.2, 0) is 4.79 Å². The fraction of sp³-hybridized carbons (Fsp3) is 0.533. The molecule has 1 amide bonds. The lowest BCUT2D eigenvalue weighted by Gasteiger charge is -2.37. The molecule has 0 heterocycles. The summed E-state index contributed by atoms with van der Waals surface area (Å²) in [7, 11) is 0. The summed E-state index contributed by atoms with van der Waals surface area (Å²) in [5.74, 6) is -0.0391. The van der Waals surface area contributed by atoms with Crippen molar-refractivity contribution < 1.29 is 18.3 Å². The summed E-state index contributed by atoms with van der Waals surface area (Å²) in [6.07, 6.45) is 3.09. The van der Waals surface area contributed by atoms with Crippen molar-refractivity contribution in [1.29, 1.82) is 0 Å². The van der Waals surface area contributed by atoms with Gasteiger partial charge in [-0.2, -0.15) is 8.78 Å². The van der Waals surface area contributed by atoms with Crippen LogP contribution in [0, 0.1) is 0 Å². The number of benzene rings is 1. The average molecular weight is 298 g/mol. The maximum atomic E-state index is 12.2. The van der Waals surface area contributed by atoms with Crippen LogP contribution in [0.3, 0.4) is 0 Å². The summed E-state index contributed by atoms with van der Waals surface area (Å²) in [5, 5.41) is 2.84. The Morgan fingerprint density at radius 1 is 1.48 bits per heavy atom. The zero-order valence-electron chi connectivity index (χ0n) is 11.9. The van der Waals surface area contributed by atoms with Gasteiger partial charge in [0.25, 0.3) is 0 Å². The number of nitrogens with one attached hydrogen (secondary N) is 1. The predicted octanol–water partition coefficient (Wildman–Crippen LogP) is 2.74. The minimum Gasteiger partial charge on any atom is -0.435 e. The van der Waals surface area contributed by atoms with E-state index >= 15 is 0 Å². The molecule has 0 aliphatic heterocycles. The van der Waals surface area contributed by atoms with Gasteiger partial charge in [0.15, 0.2) is 0 Å². The second-order valence-electron chi connectivity index (χ2n) is 5.63. The number of carbonyl (C=O) groups excluding carboxylic acids is 1. The highest BCUT2D eigenvalue weighted by atomic mass is 19.3. The Morgan fingerprint density at radius 3 is 2.76 bits per heavy atom. The van der Waals surface area contributed by atoms with Crippen molar-refractivity contribution in [1.82, 2.24) is 5.32 Å². The molecule has 116 valence electrons. The summed E-state index contributed by atoms with van der Waals surface area (Å²) in [5.41, 5.74) is 6.37. The molecule has 21 heavy (non-hydrogen) atoms. The predicted molar refractivity (Wildman–Crippen MR) is 75.0 cm³/mol. The van der Waals surface area contributed by atoms with E-state index < -0.39 is 6.61 Å². The molecule has 0 bridgehead atoms. The maximum absolute atomic E-state index is 12.2. The summed E-state index contributed by atoms with van der Waals surface area (Å²) in [6.45, 7) is -1.07. The standard InChI is InChI=1S/C15H20F2N2O2/c1-10(19-13(20)9-15(18)6-3-7-15)11-4-2-5-12(8-11)21-14(16)17/h2,4-5,8,10,14H,3,6-7,9,18H2,1H3,(H,19,20). The van der Waals surface area contributed by atoms with Crippen LogP contribution < -0.4 is 15.8 Å². The fourth-order valence-electron chi connectivity index (χ4n) is 2.46. The quantitative estimate of drug-likeness (QED) is 0.848. The van der Waals surface area contributed by atoms with Crippen molar-refractivity contribution in [2.24, 2.45) is 5.73 Å². The molecular formula is C15H20F2N2O2. The van der Waals surface area contributed by atoms with Gasteiger partial charge in [-0.15, -0.1) is 0 Å². The number of amides is 1. The van der Waals surface area contributed by atoms with Crippen LogP contribution >= 0.6 is 0 Å². The average Bonchev–Trinajstić information content (AvgIpc) is 2.36. The Balaban J connectivity index is 1.93. The van der Waals surface area contributed by atoms with Crippen molar-refractivity contribution in [2.45, 2.75) is 50.8 Å². The monoisotopic (exact) mass is 298 g/mol. The number of alkyl halides is 2. The molecule has 1 aromatic carbocycles. The molecule has 1 aromatic rings.